The first-order chi connectivity index (χ1) is 11.5. The quantitative estimate of drug-likeness (QED) is 0.670. The summed E-state index contributed by atoms with van der Waals surface area (Å²) in [7, 11) is 4.00. The van der Waals surface area contributed by atoms with Gasteiger partial charge >= 0.3 is 0 Å². The molecule has 0 saturated heterocycles. The molecular formula is C15H17Cl2N7. The Hall–Kier alpha value is -1.96. The van der Waals surface area contributed by atoms with Gasteiger partial charge in [-0.2, -0.15) is 10.2 Å². The molecule has 0 spiro atoms. The number of aromatic nitrogens is 6. The summed E-state index contributed by atoms with van der Waals surface area (Å²) in [4.78, 5) is 10.2. The Morgan fingerprint density at radius 1 is 1.00 bits per heavy atom. The molecule has 0 atom stereocenters. The van der Waals surface area contributed by atoms with Gasteiger partial charge in [-0.25, -0.2) is 9.97 Å². The molecule has 1 aromatic carbocycles. The van der Waals surface area contributed by atoms with Crippen molar-refractivity contribution >= 4 is 23.2 Å². The molecule has 2 aromatic heterocycles. The fourth-order valence-electron chi connectivity index (χ4n) is 2.78. The fourth-order valence-corrected chi connectivity index (χ4v) is 3.36. The molecule has 3 aromatic rings. The van der Waals surface area contributed by atoms with Gasteiger partial charge in [-0.05, 0) is 31.8 Å². The van der Waals surface area contributed by atoms with Gasteiger partial charge in [0.25, 0.3) is 0 Å². The zero-order chi connectivity index (χ0) is 17.2. The van der Waals surface area contributed by atoms with E-state index in [0.717, 1.165) is 5.56 Å². The molecule has 0 fully saturated rings. The van der Waals surface area contributed by atoms with Gasteiger partial charge in [0, 0.05) is 10.0 Å². The van der Waals surface area contributed by atoms with E-state index >= 15 is 0 Å². The van der Waals surface area contributed by atoms with E-state index in [2.05, 4.69) is 25.1 Å². The molecule has 0 aliphatic rings. The third-order valence-electron chi connectivity index (χ3n) is 4.07. The van der Waals surface area contributed by atoms with E-state index in [1.807, 2.05) is 26.2 Å². The van der Waals surface area contributed by atoms with Gasteiger partial charge in [-0.15, -0.1) is 0 Å². The maximum absolute atomic E-state index is 6.54. The first-order valence-corrected chi connectivity index (χ1v) is 8.05. The molecule has 0 bridgehead atoms. The van der Waals surface area contributed by atoms with Gasteiger partial charge < -0.3 is 0 Å². The number of hydrogen-bond acceptors (Lipinski definition) is 5. The standard InChI is InChI=1S/C15H17Cl2N7/c1-22(2)15(6-23-10-18-8-20-23,7-24-11-19-9-21-24)13-4-3-12(16)5-14(13)17/h3-5,8-11H,6-7H2,1-2H3. The second-order valence-corrected chi connectivity index (χ2v) is 6.58. The Kier molecular flexibility index (Phi) is 4.84. The number of hydrogen-bond donors (Lipinski definition) is 0. The molecule has 0 N–H and O–H groups in total. The lowest BCUT2D eigenvalue weighted by Gasteiger charge is -2.40. The van der Waals surface area contributed by atoms with Crippen molar-refractivity contribution in [3.63, 3.8) is 0 Å². The SMILES string of the molecule is CN(C)C(Cn1cncn1)(Cn1cncn1)c1ccc(Cl)cc1Cl. The van der Waals surface area contributed by atoms with E-state index in [4.69, 9.17) is 23.2 Å². The van der Waals surface area contributed by atoms with Crippen LogP contribution in [0.3, 0.4) is 0 Å². The van der Waals surface area contributed by atoms with Crippen LogP contribution >= 0.6 is 23.2 Å². The van der Waals surface area contributed by atoms with Crippen LogP contribution in [-0.2, 0) is 18.6 Å². The predicted octanol–water partition coefficient (Wildman–Crippen LogP) is 2.33. The molecule has 0 unspecified atom stereocenters. The lowest BCUT2D eigenvalue weighted by atomic mass is 9.88. The molecule has 0 saturated carbocycles. The number of halogens is 2. The highest BCUT2D eigenvalue weighted by atomic mass is 35.5. The molecule has 2 heterocycles. The maximum Gasteiger partial charge on any atom is 0.137 e. The van der Waals surface area contributed by atoms with E-state index in [0.29, 0.717) is 23.1 Å². The summed E-state index contributed by atoms with van der Waals surface area (Å²) in [5.41, 5.74) is 0.424. The maximum atomic E-state index is 6.54. The van der Waals surface area contributed by atoms with Crippen molar-refractivity contribution in [3.05, 3.63) is 59.1 Å². The van der Waals surface area contributed by atoms with Crippen LogP contribution < -0.4 is 0 Å². The summed E-state index contributed by atoms with van der Waals surface area (Å²) in [6.07, 6.45) is 6.39. The summed E-state index contributed by atoms with van der Waals surface area (Å²) in [5.74, 6) is 0. The van der Waals surface area contributed by atoms with Gasteiger partial charge in [0.2, 0.25) is 0 Å². The number of likely N-dealkylation sites (N-methyl/N-ethyl adjacent to an activating group) is 1. The summed E-state index contributed by atoms with van der Waals surface area (Å²) in [6.45, 7) is 1.09. The lowest BCUT2D eigenvalue weighted by Crippen LogP contribution is -2.48. The molecular weight excluding hydrogens is 349 g/mol. The summed E-state index contributed by atoms with van der Waals surface area (Å²) >= 11 is 12.6. The summed E-state index contributed by atoms with van der Waals surface area (Å²) in [6, 6.07) is 5.53. The normalized spacial score (nSPS) is 12.0. The van der Waals surface area contributed by atoms with Crippen LogP contribution in [0, 0.1) is 0 Å². The zero-order valence-electron chi connectivity index (χ0n) is 13.3. The van der Waals surface area contributed by atoms with Gasteiger partial charge in [0.1, 0.15) is 25.3 Å². The molecule has 126 valence electrons. The second-order valence-electron chi connectivity index (χ2n) is 5.74. The number of nitrogens with zero attached hydrogens (tertiary/aromatic N) is 7. The minimum Gasteiger partial charge on any atom is -0.297 e. The molecule has 0 aliphatic heterocycles. The van der Waals surface area contributed by atoms with Crippen LogP contribution in [0.5, 0.6) is 0 Å². The van der Waals surface area contributed by atoms with Crippen molar-refractivity contribution < 1.29 is 0 Å². The highest BCUT2D eigenvalue weighted by Gasteiger charge is 2.38. The van der Waals surface area contributed by atoms with Gasteiger partial charge in [0.05, 0.1) is 18.6 Å². The molecule has 7 nitrogen and oxygen atoms in total. The Balaban J connectivity index is 2.12. The monoisotopic (exact) mass is 365 g/mol. The summed E-state index contributed by atoms with van der Waals surface area (Å²) in [5, 5.41) is 9.69. The van der Waals surface area contributed by atoms with E-state index in [1.54, 1.807) is 28.1 Å². The highest BCUT2D eigenvalue weighted by Crippen LogP contribution is 2.36. The van der Waals surface area contributed by atoms with E-state index in [1.165, 1.54) is 12.7 Å². The van der Waals surface area contributed by atoms with Crippen LogP contribution in [0.4, 0.5) is 0 Å². The van der Waals surface area contributed by atoms with Gasteiger partial charge in [0.15, 0.2) is 0 Å². The van der Waals surface area contributed by atoms with Crippen molar-refractivity contribution in [2.75, 3.05) is 14.1 Å². The first-order valence-electron chi connectivity index (χ1n) is 7.29. The highest BCUT2D eigenvalue weighted by molar-refractivity contribution is 6.35. The Morgan fingerprint density at radius 3 is 2.00 bits per heavy atom. The summed E-state index contributed by atoms with van der Waals surface area (Å²) < 4.78 is 3.56. The first kappa shape index (κ1) is 16.9. The smallest absolute Gasteiger partial charge is 0.137 e. The van der Waals surface area contributed by atoms with Crippen molar-refractivity contribution in [2.24, 2.45) is 0 Å². The molecule has 0 amide bonds. The minimum absolute atomic E-state index is 0.511. The van der Waals surface area contributed by atoms with Crippen molar-refractivity contribution in [3.8, 4) is 0 Å². The van der Waals surface area contributed by atoms with Crippen molar-refractivity contribution in [2.45, 2.75) is 18.6 Å². The van der Waals surface area contributed by atoms with E-state index in [-0.39, 0.29) is 0 Å². The van der Waals surface area contributed by atoms with Crippen molar-refractivity contribution in [1.29, 1.82) is 0 Å². The molecule has 24 heavy (non-hydrogen) atoms. The Bertz CT molecular complexity index is 748. The van der Waals surface area contributed by atoms with E-state index in [9.17, 15) is 0 Å². The Morgan fingerprint density at radius 2 is 1.58 bits per heavy atom. The topological polar surface area (TPSA) is 64.7 Å². The van der Waals surface area contributed by atoms with Crippen LogP contribution in [0.1, 0.15) is 5.56 Å². The second kappa shape index (κ2) is 6.88. The van der Waals surface area contributed by atoms with Crippen LogP contribution in [-0.4, -0.2) is 48.5 Å². The fraction of sp³-hybridized carbons (Fsp3) is 0.333. The van der Waals surface area contributed by atoms with Crippen LogP contribution in [0.15, 0.2) is 43.5 Å². The average molecular weight is 366 g/mol. The van der Waals surface area contributed by atoms with Crippen LogP contribution in [0.25, 0.3) is 0 Å². The largest absolute Gasteiger partial charge is 0.297 e. The van der Waals surface area contributed by atoms with Gasteiger partial charge in [-0.3, -0.25) is 14.3 Å². The third-order valence-corrected chi connectivity index (χ3v) is 4.62. The predicted molar refractivity (Wildman–Crippen MR) is 91.9 cm³/mol. The molecule has 0 aliphatic carbocycles. The molecule has 3 rings (SSSR count). The zero-order valence-corrected chi connectivity index (χ0v) is 14.9. The Labute approximate surface area is 149 Å². The van der Waals surface area contributed by atoms with Gasteiger partial charge in [-0.1, -0.05) is 29.3 Å². The minimum atomic E-state index is -0.511. The molecule has 0 radical (unpaired) electrons. The van der Waals surface area contributed by atoms with Crippen molar-refractivity contribution in [1.82, 2.24) is 34.4 Å². The van der Waals surface area contributed by atoms with E-state index < -0.39 is 5.54 Å². The average Bonchev–Trinajstić information content (AvgIpc) is 3.20. The number of benzene rings is 1. The lowest BCUT2D eigenvalue weighted by molar-refractivity contribution is 0.0935. The number of rotatable bonds is 6. The van der Waals surface area contributed by atoms with Crippen LogP contribution in [0.2, 0.25) is 10.0 Å². The third kappa shape index (κ3) is 3.28. The molecule has 9 heteroatoms.